The molecule has 2 aliphatic rings. The maximum absolute atomic E-state index is 12.5. The van der Waals surface area contributed by atoms with Gasteiger partial charge in [-0.15, -0.1) is 0 Å². The van der Waals surface area contributed by atoms with E-state index < -0.39 is 0 Å². The summed E-state index contributed by atoms with van der Waals surface area (Å²) in [4.78, 5) is 30.7. The minimum Gasteiger partial charge on any atom is -0.493 e. The fourth-order valence-electron chi connectivity index (χ4n) is 3.69. The van der Waals surface area contributed by atoms with Crippen LogP contribution in [0.2, 0.25) is 0 Å². The lowest BCUT2D eigenvalue weighted by Crippen LogP contribution is -2.51. The van der Waals surface area contributed by atoms with Crippen molar-refractivity contribution in [1.82, 2.24) is 14.7 Å². The Kier molecular flexibility index (Phi) is 6.92. The summed E-state index contributed by atoms with van der Waals surface area (Å²) < 4.78 is 10.7. The average Bonchev–Trinajstić information content (AvgIpc) is 3.27. The average molecular weight is 387 g/mol. The number of carbonyl (C=O) groups excluding carboxylic acids is 2. The second-order valence-electron chi connectivity index (χ2n) is 7.11. The van der Waals surface area contributed by atoms with Gasteiger partial charge in [0.05, 0.1) is 20.8 Å². The van der Waals surface area contributed by atoms with Gasteiger partial charge >= 0.3 is 0 Å². The highest BCUT2D eigenvalue weighted by molar-refractivity contribution is 5.92. The summed E-state index contributed by atoms with van der Waals surface area (Å²) in [6.45, 7) is 4.94. The normalized spacial score (nSPS) is 17.9. The maximum atomic E-state index is 12.5. The number of nitrogens with zero attached hydrogens (tertiary/aromatic N) is 3. The lowest BCUT2D eigenvalue weighted by atomic mass is 10.1. The Morgan fingerprint density at radius 3 is 2.32 bits per heavy atom. The standard InChI is InChI=1S/C21H29N3O4/c1-27-18-7-5-6-17(21(18)28-2)8-9-19(25)24-14-12-22(13-15-24)16-20(26)23-10-3-4-11-23/h5-9H,3-4,10-16H2,1-2H3/b9-8+. The third-order valence-electron chi connectivity index (χ3n) is 5.34. The van der Waals surface area contributed by atoms with Crippen molar-refractivity contribution in [2.75, 3.05) is 60.0 Å². The van der Waals surface area contributed by atoms with Crippen LogP contribution in [0.4, 0.5) is 0 Å². The van der Waals surface area contributed by atoms with Crippen LogP contribution in [0.1, 0.15) is 18.4 Å². The first-order valence-electron chi connectivity index (χ1n) is 9.80. The third-order valence-corrected chi connectivity index (χ3v) is 5.34. The van der Waals surface area contributed by atoms with E-state index >= 15 is 0 Å². The van der Waals surface area contributed by atoms with Gasteiger partial charge in [0.2, 0.25) is 11.8 Å². The highest BCUT2D eigenvalue weighted by atomic mass is 16.5. The summed E-state index contributed by atoms with van der Waals surface area (Å²) in [5.41, 5.74) is 0.796. The second-order valence-corrected chi connectivity index (χ2v) is 7.11. The van der Waals surface area contributed by atoms with Gasteiger partial charge in [-0.05, 0) is 25.0 Å². The molecule has 0 atom stereocenters. The summed E-state index contributed by atoms with van der Waals surface area (Å²) in [6, 6.07) is 5.56. The molecule has 2 heterocycles. The van der Waals surface area contributed by atoms with Crippen LogP contribution in [0.25, 0.3) is 6.08 Å². The molecule has 0 aliphatic carbocycles. The van der Waals surface area contributed by atoms with Gasteiger partial charge in [0.1, 0.15) is 0 Å². The molecule has 28 heavy (non-hydrogen) atoms. The summed E-state index contributed by atoms with van der Waals surface area (Å²) in [6.07, 6.45) is 5.55. The lowest BCUT2D eigenvalue weighted by Gasteiger charge is -2.34. The zero-order chi connectivity index (χ0) is 19.9. The fourth-order valence-corrected chi connectivity index (χ4v) is 3.69. The van der Waals surface area contributed by atoms with Crippen molar-refractivity contribution in [2.24, 2.45) is 0 Å². The molecule has 152 valence electrons. The van der Waals surface area contributed by atoms with Crippen LogP contribution < -0.4 is 9.47 Å². The van der Waals surface area contributed by atoms with Gasteiger partial charge in [0, 0.05) is 50.9 Å². The smallest absolute Gasteiger partial charge is 0.246 e. The predicted octanol–water partition coefficient (Wildman–Crippen LogP) is 1.48. The number of para-hydroxylation sites is 1. The van der Waals surface area contributed by atoms with E-state index in [0.29, 0.717) is 31.1 Å². The van der Waals surface area contributed by atoms with E-state index in [0.717, 1.165) is 44.6 Å². The number of likely N-dealkylation sites (tertiary alicyclic amines) is 1. The number of rotatable bonds is 6. The first-order chi connectivity index (χ1) is 13.6. The van der Waals surface area contributed by atoms with Crippen molar-refractivity contribution in [2.45, 2.75) is 12.8 Å². The number of hydrogen-bond donors (Lipinski definition) is 0. The third kappa shape index (κ3) is 4.84. The number of benzene rings is 1. The molecule has 2 saturated heterocycles. The number of methoxy groups -OCH3 is 2. The Morgan fingerprint density at radius 1 is 0.964 bits per heavy atom. The van der Waals surface area contributed by atoms with Crippen LogP contribution in [0.15, 0.2) is 24.3 Å². The Morgan fingerprint density at radius 2 is 1.68 bits per heavy atom. The molecule has 7 nitrogen and oxygen atoms in total. The van der Waals surface area contributed by atoms with Gasteiger partial charge in [0.15, 0.2) is 11.5 Å². The summed E-state index contributed by atoms with van der Waals surface area (Å²) in [5.74, 6) is 1.42. The number of hydrogen-bond acceptors (Lipinski definition) is 5. The molecule has 2 aliphatic heterocycles. The molecule has 0 bridgehead atoms. The van der Waals surface area contributed by atoms with Crippen molar-refractivity contribution in [1.29, 1.82) is 0 Å². The molecule has 3 rings (SSSR count). The highest BCUT2D eigenvalue weighted by Crippen LogP contribution is 2.31. The van der Waals surface area contributed by atoms with Gasteiger partial charge in [-0.2, -0.15) is 0 Å². The van der Waals surface area contributed by atoms with Crippen molar-refractivity contribution in [3.05, 3.63) is 29.8 Å². The molecular formula is C21H29N3O4. The highest BCUT2D eigenvalue weighted by Gasteiger charge is 2.24. The van der Waals surface area contributed by atoms with Crippen LogP contribution in [-0.4, -0.2) is 86.5 Å². The van der Waals surface area contributed by atoms with Gasteiger partial charge in [-0.3, -0.25) is 14.5 Å². The van der Waals surface area contributed by atoms with Crippen molar-refractivity contribution >= 4 is 17.9 Å². The van der Waals surface area contributed by atoms with Crippen molar-refractivity contribution in [3.8, 4) is 11.5 Å². The number of carbonyl (C=O) groups is 2. The van der Waals surface area contributed by atoms with Gasteiger partial charge in [-0.1, -0.05) is 12.1 Å². The summed E-state index contributed by atoms with van der Waals surface area (Å²) >= 11 is 0. The topological polar surface area (TPSA) is 62.3 Å². The first-order valence-corrected chi connectivity index (χ1v) is 9.80. The van der Waals surface area contributed by atoms with Crippen molar-refractivity contribution < 1.29 is 19.1 Å². The molecule has 2 amide bonds. The molecular weight excluding hydrogens is 358 g/mol. The monoisotopic (exact) mass is 387 g/mol. The van der Waals surface area contributed by atoms with Gasteiger partial charge in [0.25, 0.3) is 0 Å². The van der Waals surface area contributed by atoms with Gasteiger partial charge in [-0.25, -0.2) is 0 Å². The quantitative estimate of drug-likeness (QED) is 0.692. The zero-order valence-corrected chi connectivity index (χ0v) is 16.7. The largest absolute Gasteiger partial charge is 0.493 e. The number of amides is 2. The van der Waals surface area contributed by atoms with E-state index in [1.165, 1.54) is 0 Å². The van der Waals surface area contributed by atoms with E-state index in [1.807, 2.05) is 28.0 Å². The first kappa shape index (κ1) is 20.2. The maximum Gasteiger partial charge on any atom is 0.246 e. The SMILES string of the molecule is COc1cccc(/C=C/C(=O)N2CCN(CC(=O)N3CCCC3)CC2)c1OC. The van der Waals surface area contributed by atoms with Crippen LogP contribution in [0.3, 0.4) is 0 Å². The zero-order valence-electron chi connectivity index (χ0n) is 16.7. The van der Waals surface area contributed by atoms with Crippen molar-refractivity contribution in [3.63, 3.8) is 0 Å². The Hall–Kier alpha value is -2.54. The molecule has 2 fully saturated rings. The van der Waals surface area contributed by atoms with Crippen LogP contribution in [0, 0.1) is 0 Å². The molecule has 0 aromatic heterocycles. The fraction of sp³-hybridized carbons (Fsp3) is 0.524. The van der Waals surface area contributed by atoms with E-state index in [-0.39, 0.29) is 11.8 Å². The van der Waals surface area contributed by atoms with Gasteiger partial charge < -0.3 is 19.3 Å². The molecule has 1 aromatic rings. The predicted molar refractivity (Wildman–Crippen MR) is 107 cm³/mol. The molecule has 0 unspecified atom stereocenters. The molecule has 0 radical (unpaired) electrons. The minimum absolute atomic E-state index is 0.0320. The second kappa shape index (κ2) is 9.59. The lowest BCUT2D eigenvalue weighted by molar-refractivity contribution is -0.132. The van der Waals surface area contributed by atoms with E-state index in [9.17, 15) is 9.59 Å². The van der Waals surface area contributed by atoms with Crippen LogP contribution in [-0.2, 0) is 9.59 Å². The van der Waals surface area contributed by atoms with E-state index in [4.69, 9.17) is 9.47 Å². The number of ether oxygens (including phenoxy) is 2. The molecule has 7 heteroatoms. The molecule has 0 saturated carbocycles. The molecule has 0 N–H and O–H groups in total. The Balaban J connectivity index is 1.51. The van der Waals surface area contributed by atoms with Crippen LogP contribution >= 0.6 is 0 Å². The van der Waals surface area contributed by atoms with E-state index in [1.54, 1.807) is 26.4 Å². The minimum atomic E-state index is -0.0320. The van der Waals surface area contributed by atoms with E-state index in [2.05, 4.69) is 4.90 Å². The number of piperazine rings is 1. The van der Waals surface area contributed by atoms with Crippen LogP contribution in [0.5, 0.6) is 11.5 Å². The Bertz CT molecular complexity index is 720. The Labute approximate surface area is 166 Å². The molecule has 1 aromatic carbocycles. The summed E-state index contributed by atoms with van der Waals surface area (Å²) in [5, 5.41) is 0. The molecule has 0 spiro atoms. The summed E-state index contributed by atoms with van der Waals surface area (Å²) in [7, 11) is 3.17.